The molecule has 2 heterocycles. The van der Waals surface area contributed by atoms with E-state index in [0.717, 1.165) is 11.1 Å². The van der Waals surface area contributed by atoms with Crippen LogP contribution in [0.3, 0.4) is 0 Å². The zero-order chi connectivity index (χ0) is 22.9. The standard InChI is InChI=1S/C24H23N5O3/c1-24(2,3)32-23(31)29-19-7-5-4-6-17(19)12-20(29)22(30)26-21-13-18(27-28-21)16-10-8-15(14-25)9-11-16/h4-11,13,20H,12H2,1-3H3,(H2,26,27,28,30). The number of ether oxygens (including phenoxy) is 1. The predicted octanol–water partition coefficient (Wildman–Crippen LogP) is 4.25. The van der Waals surface area contributed by atoms with E-state index in [9.17, 15) is 9.59 Å². The fraction of sp³-hybridized carbons (Fsp3) is 0.250. The highest BCUT2D eigenvalue weighted by Gasteiger charge is 2.40. The summed E-state index contributed by atoms with van der Waals surface area (Å²) in [6, 6.07) is 17.5. The van der Waals surface area contributed by atoms with Crippen LogP contribution in [-0.2, 0) is 16.0 Å². The van der Waals surface area contributed by atoms with Crippen LogP contribution in [0.1, 0.15) is 31.9 Å². The first-order chi connectivity index (χ1) is 15.2. The fourth-order valence-electron chi connectivity index (χ4n) is 3.60. The van der Waals surface area contributed by atoms with Crippen LogP contribution >= 0.6 is 0 Å². The molecule has 2 amide bonds. The van der Waals surface area contributed by atoms with Crippen molar-refractivity contribution in [1.29, 1.82) is 5.26 Å². The van der Waals surface area contributed by atoms with Crippen LogP contribution in [-0.4, -0.2) is 33.8 Å². The second-order valence-electron chi connectivity index (χ2n) is 8.54. The number of hydrogen-bond acceptors (Lipinski definition) is 5. The van der Waals surface area contributed by atoms with Crippen molar-refractivity contribution in [2.75, 3.05) is 10.2 Å². The Bertz CT molecular complexity index is 1200. The number of nitriles is 1. The number of aromatic nitrogens is 2. The molecular formula is C24H23N5O3. The van der Waals surface area contributed by atoms with Crippen molar-refractivity contribution >= 4 is 23.5 Å². The third kappa shape index (κ3) is 4.32. The number of H-pyrrole nitrogens is 1. The Morgan fingerprint density at radius 1 is 1.19 bits per heavy atom. The zero-order valence-corrected chi connectivity index (χ0v) is 18.0. The molecule has 3 aromatic rings. The smallest absolute Gasteiger partial charge is 0.415 e. The van der Waals surface area contributed by atoms with Gasteiger partial charge in [-0.1, -0.05) is 30.3 Å². The number of nitrogens with one attached hydrogen (secondary N) is 2. The minimum Gasteiger partial charge on any atom is -0.443 e. The van der Waals surface area contributed by atoms with Crippen LogP contribution in [0.5, 0.6) is 0 Å². The number of aromatic amines is 1. The molecule has 0 aliphatic carbocycles. The summed E-state index contributed by atoms with van der Waals surface area (Å²) in [5.41, 5.74) is 2.98. The average molecular weight is 429 g/mol. The number of nitrogens with zero attached hydrogens (tertiary/aromatic N) is 3. The molecule has 8 heteroatoms. The maximum Gasteiger partial charge on any atom is 0.415 e. The number of carbonyl (C=O) groups excluding carboxylic acids is 2. The Labute approximate surface area is 185 Å². The Kier molecular flexibility index (Phi) is 5.41. The van der Waals surface area contributed by atoms with E-state index >= 15 is 0 Å². The quantitative estimate of drug-likeness (QED) is 0.646. The number of para-hydroxylation sites is 1. The first kappa shape index (κ1) is 21.1. The molecule has 2 N–H and O–H groups in total. The first-order valence-corrected chi connectivity index (χ1v) is 10.2. The van der Waals surface area contributed by atoms with Gasteiger partial charge in [0.2, 0.25) is 5.91 Å². The molecule has 0 bridgehead atoms. The molecule has 0 radical (unpaired) electrons. The van der Waals surface area contributed by atoms with E-state index in [1.807, 2.05) is 24.3 Å². The van der Waals surface area contributed by atoms with Gasteiger partial charge in [-0.25, -0.2) is 4.79 Å². The lowest BCUT2D eigenvalue weighted by atomic mass is 10.1. The van der Waals surface area contributed by atoms with E-state index in [0.29, 0.717) is 29.2 Å². The highest BCUT2D eigenvalue weighted by molar-refractivity contribution is 6.05. The molecule has 162 valence electrons. The number of rotatable bonds is 3. The van der Waals surface area contributed by atoms with Crippen molar-refractivity contribution in [1.82, 2.24) is 10.2 Å². The maximum atomic E-state index is 13.1. The lowest BCUT2D eigenvalue weighted by molar-refractivity contribution is -0.117. The molecule has 8 nitrogen and oxygen atoms in total. The summed E-state index contributed by atoms with van der Waals surface area (Å²) in [5.74, 6) is -0.0145. The Morgan fingerprint density at radius 2 is 1.91 bits per heavy atom. The minimum absolute atomic E-state index is 0.342. The predicted molar refractivity (Wildman–Crippen MR) is 120 cm³/mol. The summed E-state index contributed by atoms with van der Waals surface area (Å²) in [6.45, 7) is 5.36. The molecule has 0 saturated heterocycles. The number of amides is 2. The summed E-state index contributed by atoms with van der Waals surface area (Å²) in [5, 5.41) is 18.8. The summed E-state index contributed by atoms with van der Waals surface area (Å²) in [4.78, 5) is 27.5. The second-order valence-corrected chi connectivity index (χ2v) is 8.54. The molecule has 32 heavy (non-hydrogen) atoms. The third-order valence-corrected chi connectivity index (χ3v) is 5.02. The number of hydrogen-bond donors (Lipinski definition) is 2. The molecule has 2 aromatic carbocycles. The molecule has 1 aromatic heterocycles. The van der Waals surface area contributed by atoms with Gasteiger partial charge < -0.3 is 10.1 Å². The zero-order valence-electron chi connectivity index (χ0n) is 18.0. The first-order valence-electron chi connectivity index (χ1n) is 10.2. The number of fused-ring (bicyclic) bond motifs is 1. The molecule has 0 saturated carbocycles. The van der Waals surface area contributed by atoms with E-state index in [2.05, 4.69) is 21.6 Å². The van der Waals surface area contributed by atoms with Crippen molar-refractivity contribution in [2.24, 2.45) is 0 Å². The number of carbonyl (C=O) groups is 2. The summed E-state index contributed by atoms with van der Waals surface area (Å²) in [6.07, 6.45) is -0.184. The molecule has 1 unspecified atom stereocenters. The Hall–Kier alpha value is -4.12. The Balaban J connectivity index is 1.54. The van der Waals surface area contributed by atoms with Crippen LogP contribution < -0.4 is 10.2 Å². The maximum absolute atomic E-state index is 13.1. The highest BCUT2D eigenvalue weighted by atomic mass is 16.6. The van der Waals surface area contributed by atoms with Crippen molar-refractivity contribution in [3.05, 3.63) is 65.7 Å². The average Bonchev–Trinajstić information content (AvgIpc) is 3.37. The Morgan fingerprint density at radius 3 is 2.59 bits per heavy atom. The van der Waals surface area contributed by atoms with Crippen LogP contribution in [0, 0.1) is 11.3 Å². The lowest BCUT2D eigenvalue weighted by Crippen LogP contribution is -2.47. The van der Waals surface area contributed by atoms with Gasteiger partial charge >= 0.3 is 6.09 Å². The molecular weight excluding hydrogens is 406 g/mol. The lowest BCUT2D eigenvalue weighted by Gasteiger charge is -2.28. The summed E-state index contributed by atoms with van der Waals surface area (Å²) in [7, 11) is 0. The van der Waals surface area contributed by atoms with Gasteiger partial charge in [0.15, 0.2) is 5.82 Å². The van der Waals surface area contributed by atoms with Gasteiger partial charge in [-0.3, -0.25) is 14.8 Å². The van der Waals surface area contributed by atoms with E-state index in [-0.39, 0.29) is 5.91 Å². The van der Waals surface area contributed by atoms with Crippen molar-refractivity contribution in [2.45, 2.75) is 38.8 Å². The monoisotopic (exact) mass is 429 g/mol. The fourth-order valence-corrected chi connectivity index (χ4v) is 3.60. The van der Waals surface area contributed by atoms with E-state index in [1.54, 1.807) is 51.1 Å². The normalized spacial score (nSPS) is 15.1. The van der Waals surface area contributed by atoms with Crippen molar-refractivity contribution in [3.63, 3.8) is 0 Å². The number of anilines is 2. The van der Waals surface area contributed by atoms with E-state index in [4.69, 9.17) is 10.00 Å². The van der Waals surface area contributed by atoms with Crippen LogP contribution in [0.4, 0.5) is 16.3 Å². The van der Waals surface area contributed by atoms with Crippen LogP contribution in [0.2, 0.25) is 0 Å². The summed E-state index contributed by atoms with van der Waals surface area (Å²) < 4.78 is 5.55. The molecule has 1 aliphatic heterocycles. The highest BCUT2D eigenvalue weighted by Crippen LogP contribution is 2.34. The molecule has 0 fully saturated rings. The molecule has 1 aliphatic rings. The molecule has 4 rings (SSSR count). The van der Waals surface area contributed by atoms with Gasteiger partial charge in [-0.2, -0.15) is 10.4 Å². The van der Waals surface area contributed by atoms with Gasteiger partial charge in [0.1, 0.15) is 11.6 Å². The molecule has 0 spiro atoms. The van der Waals surface area contributed by atoms with E-state index < -0.39 is 17.7 Å². The van der Waals surface area contributed by atoms with Gasteiger partial charge in [-0.05, 0) is 50.1 Å². The van der Waals surface area contributed by atoms with Crippen LogP contribution in [0.25, 0.3) is 11.3 Å². The van der Waals surface area contributed by atoms with Crippen molar-refractivity contribution < 1.29 is 14.3 Å². The largest absolute Gasteiger partial charge is 0.443 e. The topological polar surface area (TPSA) is 111 Å². The number of benzene rings is 2. The van der Waals surface area contributed by atoms with Crippen molar-refractivity contribution in [3.8, 4) is 17.3 Å². The minimum atomic E-state index is -0.752. The van der Waals surface area contributed by atoms with Gasteiger partial charge in [0, 0.05) is 12.5 Å². The molecule has 1 atom stereocenters. The SMILES string of the molecule is CC(C)(C)OC(=O)N1c2ccccc2CC1C(=O)Nc1cc(-c2ccc(C#N)cc2)[nH]n1. The van der Waals surface area contributed by atoms with Crippen LogP contribution in [0.15, 0.2) is 54.6 Å². The van der Waals surface area contributed by atoms with Gasteiger partial charge in [0.25, 0.3) is 0 Å². The van der Waals surface area contributed by atoms with Gasteiger partial charge in [0.05, 0.1) is 23.0 Å². The van der Waals surface area contributed by atoms with E-state index in [1.165, 1.54) is 4.90 Å². The summed E-state index contributed by atoms with van der Waals surface area (Å²) >= 11 is 0. The van der Waals surface area contributed by atoms with Gasteiger partial charge in [-0.15, -0.1) is 0 Å². The third-order valence-electron chi connectivity index (χ3n) is 5.02. The second kappa shape index (κ2) is 8.19.